The van der Waals surface area contributed by atoms with E-state index in [0.717, 1.165) is 17.9 Å². The number of hydrogen-bond acceptors (Lipinski definition) is 3. The van der Waals surface area contributed by atoms with E-state index in [1.807, 2.05) is 24.3 Å². The molecule has 0 saturated heterocycles. The molecule has 82 valence electrons. The number of hydrogen-bond donors (Lipinski definition) is 1. The second-order valence-electron chi connectivity index (χ2n) is 3.55. The molecule has 0 atom stereocenters. The van der Waals surface area contributed by atoms with Gasteiger partial charge in [-0.05, 0) is 17.7 Å². The molecule has 2 aromatic rings. The molecule has 0 saturated carbocycles. The minimum Gasteiger partial charge on any atom is -0.495 e. The molecule has 0 aliphatic rings. The second-order valence-corrected chi connectivity index (χ2v) is 3.55. The summed E-state index contributed by atoms with van der Waals surface area (Å²) in [6.07, 6.45) is 0.731. The summed E-state index contributed by atoms with van der Waals surface area (Å²) in [6.45, 7) is 0. The predicted molar refractivity (Wildman–Crippen MR) is 64.4 cm³/mol. The van der Waals surface area contributed by atoms with Crippen LogP contribution in [0.3, 0.4) is 0 Å². The van der Waals surface area contributed by atoms with Gasteiger partial charge in [0, 0.05) is 6.42 Å². The molecule has 0 aliphatic carbocycles. The standard InChI is InChI=1S/C13H14N2O/c1-16-12-7-8-13(14)15-11(12)9-10-5-3-2-4-6-10/h2-8H,9H2,1H3,(H2,14,15). The van der Waals surface area contributed by atoms with E-state index < -0.39 is 0 Å². The summed E-state index contributed by atoms with van der Waals surface area (Å²) < 4.78 is 5.25. The van der Waals surface area contributed by atoms with Gasteiger partial charge in [-0.25, -0.2) is 4.98 Å². The summed E-state index contributed by atoms with van der Waals surface area (Å²) in [6, 6.07) is 13.7. The molecule has 0 spiro atoms. The summed E-state index contributed by atoms with van der Waals surface area (Å²) in [4.78, 5) is 4.29. The Morgan fingerprint density at radius 3 is 2.56 bits per heavy atom. The van der Waals surface area contributed by atoms with E-state index in [9.17, 15) is 0 Å². The van der Waals surface area contributed by atoms with E-state index in [4.69, 9.17) is 10.5 Å². The normalized spacial score (nSPS) is 10.1. The maximum atomic E-state index is 5.67. The number of methoxy groups -OCH3 is 1. The smallest absolute Gasteiger partial charge is 0.140 e. The number of pyridine rings is 1. The molecule has 0 unspecified atom stereocenters. The van der Waals surface area contributed by atoms with Gasteiger partial charge in [0.25, 0.3) is 0 Å². The first kappa shape index (κ1) is 10.5. The van der Waals surface area contributed by atoms with Crippen molar-refractivity contribution in [1.82, 2.24) is 4.98 Å². The molecule has 16 heavy (non-hydrogen) atoms. The van der Waals surface area contributed by atoms with Gasteiger partial charge in [0.2, 0.25) is 0 Å². The Hall–Kier alpha value is -2.03. The Morgan fingerprint density at radius 2 is 1.88 bits per heavy atom. The van der Waals surface area contributed by atoms with Crippen LogP contribution < -0.4 is 10.5 Å². The number of ether oxygens (including phenoxy) is 1. The average molecular weight is 214 g/mol. The third-order valence-electron chi connectivity index (χ3n) is 2.39. The van der Waals surface area contributed by atoms with Crippen LogP contribution in [0.15, 0.2) is 42.5 Å². The van der Waals surface area contributed by atoms with Gasteiger partial charge in [-0.1, -0.05) is 30.3 Å². The summed E-state index contributed by atoms with van der Waals surface area (Å²) in [5, 5.41) is 0. The van der Waals surface area contributed by atoms with Crippen molar-refractivity contribution in [3.05, 3.63) is 53.7 Å². The van der Waals surface area contributed by atoms with E-state index in [0.29, 0.717) is 5.82 Å². The number of aromatic nitrogens is 1. The van der Waals surface area contributed by atoms with Crippen molar-refractivity contribution in [1.29, 1.82) is 0 Å². The lowest BCUT2D eigenvalue weighted by atomic mass is 10.1. The molecule has 3 heteroatoms. The van der Waals surface area contributed by atoms with Gasteiger partial charge in [-0.3, -0.25) is 0 Å². The number of benzene rings is 1. The van der Waals surface area contributed by atoms with Crippen LogP contribution in [0.5, 0.6) is 5.75 Å². The Morgan fingerprint density at radius 1 is 1.12 bits per heavy atom. The average Bonchev–Trinajstić information content (AvgIpc) is 2.31. The molecule has 0 amide bonds. The number of nitrogen functional groups attached to an aromatic ring is 1. The molecule has 2 N–H and O–H groups in total. The van der Waals surface area contributed by atoms with Crippen molar-refractivity contribution >= 4 is 5.82 Å². The first-order valence-electron chi connectivity index (χ1n) is 5.13. The molecule has 0 radical (unpaired) electrons. The van der Waals surface area contributed by atoms with E-state index in [1.54, 1.807) is 13.2 Å². The van der Waals surface area contributed by atoms with Crippen molar-refractivity contribution in [2.45, 2.75) is 6.42 Å². The first-order chi connectivity index (χ1) is 7.79. The number of rotatable bonds is 3. The SMILES string of the molecule is COc1ccc(N)nc1Cc1ccccc1. The van der Waals surface area contributed by atoms with Gasteiger partial charge in [0.1, 0.15) is 11.6 Å². The molecule has 1 aromatic carbocycles. The summed E-state index contributed by atoms with van der Waals surface area (Å²) >= 11 is 0. The fourth-order valence-corrected chi connectivity index (χ4v) is 1.61. The third kappa shape index (κ3) is 2.31. The van der Waals surface area contributed by atoms with Crippen molar-refractivity contribution in [3.63, 3.8) is 0 Å². The highest BCUT2D eigenvalue weighted by atomic mass is 16.5. The molecule has 0 fully saturated rings. The minimum atomic E-state index is 0.520. The van der Waals surface area contributed by atoms with E-state index >= 15 is 0 Å². The van der Waals surface area contributed by atoms with Gasteiger partial charge in [-0.2, -0.15) is 0 Å². The van der Waals surface area contributed by atoms with Crippen molar-refractivity contribution < 1.29 is 4.74 Å². The van der Waals surface area contributed by atoms with Crippen molar-refractivity contribution in [3.8, 4) is 5.75 Å². The zero-order chi connectivity index (χ0) is 11.4. The van der Waals surface area contributed by atoms with E-state index in [2.05, 4.69) is 17.1 Å². The van der Waals surface area contributed by atoms with Crippen LogP contribution in [-0.4, -0.2) is 12.1 Å². The molecule has 3 nitrogen and oxygen atoms in total. The van der Waals surface area contributed by atoms with Crippen LogP contribution in [0, 0.1) is 0 Å². The lowest BCUT2D eigenvalue weighted by Gasteiger charge is -2.08. The largest absolute Gasteiger partial charge is 0.495 e. The van der Waals surface area contributed by atoms with Crippen LogP contribution in [0.1, 0.15) is 11.3 Å². The molecular weight excluding hydrogens is 200 g/mol. The summed E-state index contributed by atoms with van der Waals surface area (Å²) in [7, 11) is 1.64. The molecule has 0 aliphatic heterocycles. The fraction of sp³-hybridized carbons (Fsp3) is 0.154. The number of anilines is 1. The quantitative estimate of drug-likeness (QED) is 0.852. The maximum Gasteiger partial charge on any atom is 0.140 e. The summed E-state index contributed by atoms with van der Waals surface area (Å²) in [5.41, 5.74) is 7.73. The third-order valence-corrected chi connectivity index (χ3v) is 2.39. The van der Waals surface area contributed by atoms with Crippen molar-refractivity contribution in [2.75, 3.05) is 12.8 Å². The zero-order valence-electron chi connectivity index (χ0n) is 9.18. The molecule has 1 heterocycles. The van der Waals surface area contributed by atoms with Gasteiger partial charge in [0.05, 0.1) is 12.8 Å². The summed E-state index contributed by atoms with van der Waals surface area (Å²) in [5.74, 6) is 1.30. The highest BCUT2D eigenvalue weighted by Gasteiger charge is 2.05. The number of nitrogens with zero attached hydrogens (tertiary/aromatic N) is 1. The Bertz CT molecular complexity index is 469. The highest BCUT2D eigenvalue weighted by molar-refractivity contribution is 5.40. The van der Waals surface area contributed by atoms with Crippen LogP contribution >= 0.6 is 0 Å². The second kappa shape index (κ2) is 4.66. The minimum absolute atomic E-state index is 0.520. The fourth-order valence-electron chi connectivity index (χ4n) is 1.61. The molecule has 2 rings (SSSR count). The van der Waals surface area contributed by atoms with E-state index in [1.165, 1.54) is 5.56 Å². The highest BCUT2D eigenvalue weighted by Crippen LogP contribution is 2.20. The van der Waals surface area contributed by atoms with Crippen LogP contribution in [0.2, 0.25) is 0 Å². The molecule has 0 bridgehead atoms. The molecular formula is C13H14N2O. The lowest BCUT2D eigenvalue weighted by molar-refractivity contribution is 0.408. The Kier molecular flexibility index (Phi) is 3.05. The zero-order valence-corrected chi connectivity index (χ0v) is 9.18. The van der Waals surface area contributed by atoms with Gasteiger partial charge < -0.3 is 10.5 Å². The maximum absolute atomic E-state index is 5.67. The Labute approximate surface area is 94.9 Å². The van der Waals surface area contributed by atoms with Gasteiger partial charge in [-0.15, -0.1) is 0 Å². The van der Waals surface area contributed by atoms with Crippen LogP contribution in [-0.2, 0) is 6.42 Å². The topological polar surface area (TPSA) is 48.1 Å². The number of nitrogens with two attached hydrogens (primary N) is 1. The first-order valence-corrected chi connectivity index (χ1v) is 5.13. The van der Waals surface area contributed by atoms with Crippen molar-refractivity contribution in [2.24, 2.45) is 0 Å². The van der Waals surface area contributed by atoms with Crippen LogP contribution in [0.25, 0.3) is 0 Å². The van der Waals surface area contributed by atoms with E-state index in [-0.39, 0.29) is 0 Å². The lowest BCUT2D eigenvalue weighted by Crippen LogP contribution is -2.00. The predicted octanol–water partition coefficient (Wildman–Crippen LogP) is 2.26. The van der Waals surface area contributed by atoms with Gasteiger partial charge >= 0.3 is 0 Å². The van der Waals surface area contributed by atoms with Gasteiger partial charge in [0.15, 0.2) is 0 Å². The monoisotopic (exact) mass is 214 g/mol. The molecule has 1 aromatic heterocycles. The van der Waals surface area contributed by atoms with Crippen LogP contribution in [0.4, 0.5) is 5.82 Å². The Balaban J connectivity index is 2.30.